The van der Waals surface area contributed by atoms with Gasteiger partial charge in [0, 0.05) is 11.1 Å². The summed E-state index contributed by atoms with van der Waals surface area (Å²) in [5.41, 5.74) is 2.06. The third-order valence-electron chi connectivity index (χ3n) is 4.44. The molecular weight excluding hydrogens is 345 g/mol. The van der Waals surface area contributed by atoms with Crippen LogP contribution < -0.4 is 4.74 Å². The zero-order valence-corrected chi connectivity index (χ0v) is 16.7. The van der Waals surface area contributed by atoms with E-state index in [1.54, 1.807) is 0 Å². The van der Waals surface area contributed by atoms with Crippen molar-refractivity contribution >= 4 is 14.8 Å². The van der Waals surface area contributed by atoms with E-state index in [-0.39, 0.29) is 5.97 Å². The second kappa shape index (κ2) is 7.77. The van der Waals surface area contributed by atoms with Crippen LogP contribution in [0.3, 0.4) is 0 Å². The standard InChI is InChI=1S/C21H26NO3P/c1-5-15(14-22(2,3)4)26-25-21(23)20-16-10-6-8-12-18(16)24-19-13-9-7-11-17(19)20/h6-13,15,20H,5,14H2,1-4H3. The molecule has 0 spiro atoms. The Morgan fingerprint density at radius 3 is 2.12 bits per heavy atom. The van der Waals surface area contributed by atoms with Crippen LogP contribution in [0.2, 0.25) is 0 Å². The van der Waals surface area contributed by atoms with Crippen molar-refractivity contribution in [2.24, 2.45) is 0 Å². The molecular formula is C21H26NO3P. The summed E-state index contributed by atoms with van der Waals surface area (Å²) in [6.07, 6.45) is 0.977. The highest BCUT2D eigenvalue weighted by Gasteiger charge is 2.32. The molecule has 0 aromatic heterocycles. The van der Waals surface area contributed by atoms with Gasteiger partial charge < -0.3 is 22.6 Å². The molecule has 2 aromatic rings. The summed E-state index contributed by atoms with van der Waals surface area (Å²) < 4.78 is 12.6. The summed E-state index contributed by atoms with van der Waals surface area (Å²) >= 11 is 0. The Kier molecular flexibility index (Phi) is 5.64. The first-order chi connectivity index (χ1) is 12.4. The third kappa shape index (κ3) is 4.25. The van der Waals surface area contributed by atoms with Gasteiger partial charge in [0.05, 0.1) is 27.7 Å². The molecule has 138 valence electrons. The fourth-order valence-electron chi connectivity index (χ4n) is 3.21. The second-order valence-electron chi connectivity index (χ2n) is 7.66. The second-order valence-corrected chi connectivity index (χ2v) is 8.79. The zero-order chi connectivity index (χ0) is 18.7. The molecule has 0 aliphatic carbocycles. The molecule has 0 saturated heterocycles. The van der Waals surface area contributed by atoms with E-state index in [0.717, 1.165) is 48.9 Å². The number of benzene rings is 2. The van der Waals surface area contributed by atoms with Crippen molar-refractivity contribution in [1.82, 2.24) is 0 Å². The summed E-state index contributed by atoms with van der Waals surface area (Å²) in [5, 5.41) is 0. The lowest BCUT2D eigenvalue weighted by atomic mass is 9.88. The Hall–Kier alpha value is -1.90. The van der Waals surface area contributed by atoms with Crippen molar-refractivity contribution in [1.29, 1.82) is 0 Å². The van der Waals surface area contributed by atoms with Crippen LogP contribution in [0.25, 0.3) is 0 Å². The van der Waals surface area contributed by atoms with E-state index in [9.17, 15) is 4.79 Å². The number of para-hydroxylation sites is 2. The number of hydrogen-bond donors (Lipinski definition) is 0. The van der Waals surface area contributed by atoms with Gasteiger partial charge in [0.2, 0.25) is 0 Å². The number of carbonyl (C=O) groups excluding carboxylic acids is 1. The highest BCUT2D eigenvalue weighted by atomic mass is 31.1. The molecule has 1 aliphatic rings. The van der Waals surface area contributed by atoms with E-state index >= 15 is 0 Å². The van der Waals surface area contributed by atoms with Crippen LogP contribution >= 0.6 is 8.81 Å². The van der Waals surface area contributed by atoms with Gasteiger partial charge in [-0.2, -0.15) is 0 Å². The maximum Gasteiger partial charge on any atom is 0.286 e. The van der Waals surface area contributed by atoms with Gasteiger partial charge in [0.25, 0.3) is 5.97 Å². The number of rotatable bonds is 6. The third-order valence-corrected chi connectivity index (χ3v) is 5.55. The van der Waals surface area contributed by atoms with Crippen LogP contribution in [-0.2, 0) is 9.32 Å². The quantitative estimate of drug-likeness (QED) is 0.540. The number of hydrogen-bond acceptors (Lipinski definition) is 3. The van der Waals surface area contributed by atoms with Crippen LogP contribution in [0, 0.1) is 0 Å². The molecule has 0 amide bonds. The van der Waals surface area contributed by atoms with Crippen LogP contribution in [0.5, 0.6) is 11.5 Å². The molecule has 0 fully saturated rings. The Morgan fingerprint density at radius 2 is 1.62 bits per heavy atom. The first-order valence-electron chi connectivity index (χ1n) is 8.96. The highest BCUT2D eigenvalue weighted by Crippen LogP contribution is 2.45. The van der Waals surface area contributed by atoms with Gasteiger partial charge >= 0.3 is 0 Å². The first kappa shape index (κ1) is 18.9. The van der Waals surface area contributed by atoms with Crippen molar-refractivity contribution in [2.75, 3.05) is 27.7 Å². The number of carbonyl (C=O) groups is 1. The smallest absolute Gasteiger partial charge is 0.286 e. The van der Waals surface area contributed by atoms with Crippen LogP contribution in [0.4, 0.5) is 0 Å². The minimum absolute atomic E-state index is 0.213. The maximum atomic E-state index is 13.0. The van der Waals surface area contributed by atoms with Crippen LogP contribution in [-0.4, -0.2) is 43.8 Å². The Labute approximate surface area is 157 Å². The van der Waals surface area contributed by atoms with Crippen LogP contribution in [0.1, 0.15) is 30.4 Å². The monoisotopic (exact) mass is 371 g/mol. The topological polar surface area (TPSA) is 35.5 Å². The zero-order valence-electron chi connectivity index (χ0n) is 15.8. The maximum absolute atomic E-state index is 13.0. The predicted molar refractivity (Wildman–Crippen MR) is 105 cm³/mol. The van der Waals surface area contributed by atoms with E-state index in [0.29, 0.717) is 5.66 Å². The minimum atomic E-state index is -0.440. The Balaban J connectivity index is 1.81. The largest absolute Gasteiger partial charge is 0.644 e. The highest BCUT2D eigenvalue weighted by molar-refractivity contribution is 7.33. The van der Waals surface area contributed by atoms with E-state index in [2.05, 4.69) is 28.1 Å². The normalized spacial score (nSPS) is 15.2. The minimum Gasteiger partial charge on any atom is -0.644 e. The summed E-state index contributed by atoms with van der Waals surface area (Å²) in [7, 11) is 7.20. The van der Waals surface area contributed by atoms with Crippen molar-refractivity contribution in [3.8, 4) is 11.5 Å². The predicted octanol–water partition coefficient (Wildman–Crippen LogP) is 4.81. The fraction of sp³-hybridized carbons (Fsp3) is 0.381. The van der Waals surface area contributed by atoms with E-state index in [4.69, 9.17) is 9.26 Å². The van der Waals surface area contributed by atoms with Gasteiger partial charge in [-0.05, 0) is 12.1 Å². The van der Waals surface area contributed by atoms with Gasteiger partial charge in [-0.25, -0.2) is 0 Å². The van der Waals surface area contributed by atoms with Gasteiger partial charge in [-0.1, -0.05) is 55.4 Å². The number of quaternary nitrogens is 1. The van der Waals surface area contributed by atoms with Gasteiger partial charge in [-0.15, -0.1) is 0 Å². The summed E-state index contributed by atoms with van der Waals surface area (Å²) in [6.45, 7) is 3.10. The Bertz CT molecular complexity index is 739. The average Bonchev–Trinajstić information content (AvgIpc) is 2.61. The summed E-state index contributed by atoms with van der Waals surface area (Å²) in [5.74, 6) is 0.798. The van der Waals surface area contributed by atoms with Crippen molar-refractivity contribution in [3.63, 3.8) is 0 Å². The summed E-state index contributed by atoms with van der Waals surface area (Å²) in [4.78, 5) is 13.0. The van der Waals surface area contributed by atoms with Crippen molar-refractivity contribution in [3.05, 3.63) is 59.7 Å². The fourth-order valence-corrected chi connectivity index (χ4v) is 4.28. The molecule has 3 rings (SSSR count). The first-order valence-corrected chi connectivity index (χ1v) is 9.84. The SMILES string of the molecule is CCC(C[N+](C)(C)C)[P-]OC(=O)C1c2ccccc2Oc2ccccc21. The molecule has 1 atom stereocenters. The van der Waals surface area contributed by atoms with Crippen LogP contribution in [0.15, 0.2) is 48.5 Å². The Morgan fingerprint density at radius 1 is 1.08 bits per heavy atom. The molecule has 26 heavy (non-hydrogen) atoms. The molecule has 0 N–H and O–H groups in total. The van der Waals surface area contributed by atoms with Gasteiger partial charge in [-0.3, -0.25) is 4.79 Å². The lowest BCUT2D eigenvalue weighted by Crippen LogP contribution is -2.40. The van der Waals surface area contributed by atoms with E-state index < -0.39 is 5.92 Å². The lowest BCUT2D eigenvalue weighted by molar-refractivity contribution is -0.869. The molecule has 0 bridgehead atoms. The molecule has 1 heterocycles. The van der Waals surface area contributed by atoms with Gasteiger partial charge in [0.15, 0.2) is 0 Å². The molecule has 0 saturated carbocycles. The number of fused-ring (bicyclic) bond motifs is 2. The molecule has 5 heteroatoms. The molecule has 4 nitrogen and oxygen atoms in total. The number of nitrogens with zero attached hydrogens (tertiary/aromatic N) is 1. The lowest BCUT2D eigenvalue weighted by Gasteiger charge is -2.37. The molecule has 0 radical (unpaired) electrons. The van der Waals surface area contributed by atoms with Crippen molar-refractivity contribution in [2.45, 2.75) is 24.9 Å². The number of ether oxygens (including phenoxy) is 1. The molecule has 1 aliphatic heterocycles. The molecule has 1 unspecified atom stereocenters. The summed E-state index contributed by atoms with van der Waals surface area (Å²) in [6, 6.07) is 15.4. The van der Waals surface area contributed by atoms with E-state index in [1.807, 2.05) is 48.5 Å². The van der Waals surface area contributed by atoms with Crippen molar-refractivity contribution < 1.29 is 18.5 Å². The average molecular weight is 371 g/mol. The van der Waals surface area contributed by atoms with Gasteiger partial charge in [0.1, 0.15) is 17.4 Å². The molecule has 2 aromatic carbocycles. The van der Waals surface area contributed by atoms with E-state index in [1.165, 1.54) is 0 Å².